The Morgan fingerprint density at radius 3 is 2.61 bits per heavy atom. The molecule has 0 spiro atoms. The van der Waals surface area contributed by atoms with Crippen LogP contribution in [-0.4, -0.2) is 38.5 Å². The molecule has 6 heteroatoms. The number of aliphatic carboxylic acids is 1. The first-order chi connectivity index (χ1) is 13.6. The average molecular weight is 376 g/mol. The highest BCUT2D eigenvalue weighted by molar-refractivity contribution is 5.83. The van der Waals surface area contributed by atoms with Crippen LogP contribution < -0.4 is 5.73 Å². The lowest BCUT2D eigenvalue weighted by atomic mass is 10.1. The number of fused-ring (bicyclic) bond motifs is 2. The van der Waals surface area contributed by atoms with E-state index < -0.39 is 12.0 Å². The highest BCUT2D eigenvalue weighted by atomic mass is 16.4. The minimum absolute atomic E-state index is 0.401. The van der Waals surface area contributed by atoms with Crippen molar-refractivity contribution < 1.29 is 9.90 Å². The van der Waals surface area contributed by atoms with Crippen LogP contribution >= 0.6 is 0 Å². The van der Waals surface area contributed by atoms with Crippen LogP contribution in [0.25, 0.3) is 21.8 Å². The quantitative estimate of drug-likeness (QED) is 0.378. The van der Waals surface area contributed by atoms with Crippen LogP contribution in [0.4, 0.5) is 0 Å². The third kappa shape index (κ3) is 3.93. The van der Waals surface area contributed by atoms with E-state index in [2.05, 4.69) is 45.2 Å². The molecule has 4 aromatic rings. The van der Waals surface area contributed by atoms with E-state index in [0.717, 1.165) is 16.7 Å². The van der Waals surface area contributed by atoms with Crippen molar-refractivity contribution in [3.63, 3.8) is 0 Å². The van der Waals surface area contributed by atoms with Gasteiger partial charge in [0.2, 0.25) is 0 Å². The van der Waals surface area contributed by atoms with Gasteiger partial charge in [-0.3, -0.25) is 9.69 Å². The molecule has 5 N–H and O–H groups in total. The molecule has 144 valence electrons. The standard InChI is InChI=1S/C22H24N4O2/c23-19(22(27)28)9-10-26(13-16-12-24-21-8-4-2-6-18(16)21)14-17-11-15-5-1-3-7-20(15)25-17/h1-8,11-12,19,24-25H,9-10,13-14,23H2,(H,27,28)/t19-/m0/s1. The van der Waals surface area contributed by atoms with Crippen molar-refractivity contribution in [1.29, 1.82) is 0 Å². The molecule has 1 atom stereocenters. The number of carbonyl (C=O) groups is 1. The number of carboxylic acid groups (broad SMARTS) is 1. The molecule has 0 aliphatic rings. The number of nitrogens with one attached hydrogen (secondary N) is 2. The predicted octanol–water partition coefficient (Wildman–Crippen LogP) is 3.45. The zero-order chi connectivity index (χ0) is 19.5. The fourth-order valence-electron chi connectivity index (χ4n) is 3.62. The molecule has 0 aliphatic carbocycles. The third-order valence-corrected chi connectivity index (χ3v) is 5.12. The summed E-state index contributed by atoms with van der Waals surface area (Å²) in [6, 6.07) is 17.7. The molecule has 0 amide bonds. The van der Waals surface area contributed by atoms with Gasteiger partial charge in [-0.15, -0.1) is 0 Å². The van der Waals surface area contributed by atoms with Crippen molar-refractivity contribution in [1.82, 2.24) is 14.9 Å². The highest BCUT2D eigenvalue weighted by Crippen LogP contribution is 2.22. The van der Waals surface area contributed by atoms with Gasteiger partial charge in [-0.2, -0.15) is 0 Å². The Labute approximate surface area is 163 Å². The lowest BCUT2D eigenvalue weighted by Crippen LogP contribution is -2.35. The Morgan fingerprint density at radius 1 is 1.07 bits per heavy atom. The number of aromatic amines is 2. The van der Waals surface area contributed by atoms with Crippen LogP contribution in [0.2, 0.25) is 0 Å². The van der Waals surface area contributed by atoms with Crippen LogP contribution in [0.3, 0.4) is 0 Å². The van der Waals surface area contributed by atoms with E-state index in [1.54, 1.807) is 0 Å². The maximum absolute atomic E-state index is 11.1. The molecule has 0 saturated heterocycles. The summed E-state index contributed by atoms with van der Waals surface area (Å²) in [5.41, 5.74) is 10.2. The van der Waals surface area contributed by atoms with Gasteiger partial charge in [-0.1, -0.05) is 36.4 Å². The molecule has 2 aromatic carbocycles. The second kappa shape index (κ2) is 7.88. The van der Waals surface area contributed by atoms with E-state index in [9.17, 15) is 4.79 Å². The van der Waals surface area contributed by atoms with Gasteiger partial charge in [-0.25, -0.2) is 0 Å². The fraction of sp³-hybridized carbons (Fsp3) is 0.227. The number of H-pyrrole nitrogens is 2. The summed E-state index contributed by atoms with van der Waals surface area (Å²) in [4.78, 5) is 20.1. The zero-order valence-electron chi connectivity index (χ0n) is 15.6. The van der Waals surface area contributed by atoms with Gasteiger partial charge >= 0.3 is 5.97 Å². The number of nitrogens with zero attached hydrogens (tertiary/aromatic N) is 1. The van der Waals surface area contributed by atoms with E-state index in [0.29, 0.717) is 26.1 Å². The summed E-state index contributed by atoms with van der Waals surface area (Å²) in [6.07, 6.45) is 2.43. The fourth-order valence-corrected chi connectivity index (χ4v) is 3.62. The van der Waals surface area contributed by atoms with Gasteiger partial charge in [0, 0.05) is 47.9 Å². The number of nitrogens with two attached hydrogens (primary N) is 1. The average Bonchev–Trinajstić information content (AvgIpc) is 3.29. The minimum atomic E-state index is -0.961. The van der Waals surface area contributed by atoms with Crippen molar-refractivity contribution in [2.24, 2.45) is 5.73 Å². The van der Waals surface area contributed by atoms with E-state index >= 15 is 0 Å². The number of hydrogen-bond donors (Lipinski definition) is 4. The Bertz CT molecular complexity index is 1070. The van der Waals surface area contributed by atoms with Crippen molar-refractivity contribution in [2.75, 3.05) is 6.54 Å². The molecular weight excluding hydrogens is 352 g/mol. The van der Waals surface area contributed by atoms with Crippen LogP contribution in [-0.2, 0) is 17.9 Å². The first-order valence-electron chi connectivity index (χ1n) is 9.42. The molecular formula is C22H24N4O2. The summed E-state index contributed by atoms with van der Waals surface area (Å²) in [6.45, 7) is 2.01. The molecule has 0 bridgehead atoms. The summed E-state index contributed by atoms with van der Waals surface area (Å²) in [5, 5.41) is 11.5. The molecule has 2 heterocycles. The van der Waals surface area contributed by atoms with Gasteiger partial charge in [0.25, 0.3) is 0 Å². The zero-order valence-corrected chi connectivity index (χ0v) is 15.6. The lowest BCUT2D eigenvalue weighted by molar-refractivity contribution is -0.138. The van der Waals surface area contributed by atoms with Gasteiger partial charge < -0.3 is 20.8 Å². The maximum atomic E-state index is 11.1. The van der Waals surface area contributed by atoms with E-state index in [1.165, 1.54) is 16.3 Å². The molecule has 0 fully saturated rings. The predicted molar refractivity (Wildman–Crippen MR) is 111 cm³/mol. The first kappa shape index (κ1) is 18.3. The molecule has 28 heavy (non-hydrogen) atoms. The molecule has 0 radical (unpaired) electrons. The smallest absolute Gasteiger partial charge is 0.320 e. The Morgan fingerprint density at radius 2 is 1.82 bits per heavy atom. The third-order valence-electron chi connectivity index (χ3n) is 5.12. The normalized spacial score (nSPS) is 12.8. The summed E-state index contributed by atoms with van der Waals surface area (Å²) < 4.78 is 0. The van der Waals surface area contributed by atoms with E-state index in [4.69, 9.17) is 10.8 Å². The summed E-state index contributed by atoms with van der Waals surface area (Å²) >= 11 is 0. The van der Waals surface area contributed by atoms with E-state index in [-0.39, 0.29) is 0 Å². The lowest BCUT2D eigenvalue weighted by Gasteiger charge is -2.22. The SMILES string of the molecule is N[C@@H](CCN(Cc1cc2ccccc2[nH]1)Cc1c[nH]c2ccccc12)C(=O)O. The van der Waals surface area contributed by atoms with Gasteiger partial charge in [0.15, 0.2) is 0 Å². The number of carboxylic acids is 1. The maximum Gasteiger partial charge on any atom is 0.320 e. The molecule has 4 rings (SSSR count). The monoisotopic (exact) mass is 376 g/mol. The molecule has 0 unspecified atom stereocenters. The topological polar surface area (TPSA) is 98.1 Å². The summed E-state index contributed by atoms with van der Waals surface area (Å²) in [5.74, 6) is -0.961. The van der Waals surface area contributed by atoms with Crippen molar-refractivity contribution in [3.8, 4) is 0 Å². The Hall–Kier alpha value is -3.09. The Balaban J connectivity index is 1.56. The number of hydrogen-bond acceptors (Lipinski definition) is 3. The first-order valence-corrected chi connectivity index (χ1v) is 9.42. The van der Waals surface area contributed by atoms with E-state index in [1.807, 2.05) is 30.5 Å². The number of rotatable bonds is 8. The van der Waals surface area contributed by atoms with Crippen molar-refractivity contribution in [3.05, 3.63) is 72.1 Å². The van der Waals surface area contributed by atoms with Gasteiger partial charge in [0.1, 0.15) is 6.04 Å². The number of benzene rings is 2. The summed E-state index contributed by atoms with van der Waals surface area (Å²) in [7, 11) is 0. The van der Waals surface area contributed by atoms with Gasteiger partial charge in [0.05, 0.1) is 0 Å². The van der Waals surface area contributed by atoms with Crippen LogP contribution in [0, 0.1) is 0 Å². The molecule has 2 aromatic heterocycles. The second-order valence-electron chi connectivity index (χ2n) is 7.19. The highest BCUT2D eigenvalue weighted by Gasteiger charge is 2.16. The van der Waals surface area contributed by atoms with Crippen LogP contribution in [0.1, 0.15) is 17.7 Å². The van der Waals surface area contributed by atoms with Crippen molar-refractivity contribution >= 4 is 27.8 Å². The largest absolute Gasteiger partial charge is 0.480 e. The molecule has 0 aliphatic heterocycles. The second-order valence-corrected chi connectivity index (χ2v) is 7.19. The minimum Gasteiger partial charge on any atom is -0.480 e. The number of para-hydroxylation sites is 2. The number of aromatic nitrogens is 2. The van der Waals surface area contributed by atoms with Crippen LogP contribution in [0.5, 0.6) is 0 Å². The van der Waals surface area contributed by atoms with Crippen molar-refractivity contribution in [2.45, 2.75) is 25.6 Å². The molecule has 0 saturated carbocycles. The molecule has 6 nitrogen and oxygen atoms in total. The Kier molecular flexibility index (Phi) is 5.14. The van der Waals surface area contributed by atoms with Crippen LogP contribution in [0.15, 0.2) is 60.8 Å². The van der Waals surface area contributed by atoms with Gasteiger partial charge in [-0.05, 0) is 35.6 Å².